The number of nitriles is 1. The molecular weight excluding hydrogens is 228 g/mol. The lowest BCUT2D eigenvalue weighted by Gasteiger charge is -2.19. The third-order valence-corrected chi connectivity index (χ3v) is 2.41. The first-order valence-electron chi connectivity index (χ1n) is 5.65. The molecule has 1 aromatic heterocycles. The van der Waals surface area contributed by atoms with Crippen LogP contribution in [0.4, 0.5) is 4.79 Å². The molecule has 18 heavy (non-hydrogen) atoms. The SMILES string of the molecule is CC(C)(C)OC(=O)n1ccc2ccc(C#N)cc21. The van der Waals surface area contributed by atoms with Crippen molar-refractivity contribution in [3.05, 3.63) is 36.0 Å². The van der Waals surface area contributed by atoms with Gasteiger partial charge in [0.2, 0.25) is 0 Å². The second-order valence-corrected chi connectivity index (χ2v) is 5.05. The van der Waals surface area contributed by atoms with Crippen LogP contribution in [0.3, 0.4) is 0 Å². The fraction of sp³-hybridized carbons (Fsp3) is 0.286. The topological polar surface area (TPSA) is 55.0 Å². The van der Waals surface area contributed by atoms with E-state index >= 15 is 0 Å². The van der Waals surface area contributed by atoms with Gasteiger partial charge in [0.1, 0.15) is 5.60 Å². The van der Waals surface area contributed by atoms with Crippen molar-refractivity contribution >= 4 is 17.0 Å². The Morgan fingerprint density at radius 2 is 2.06 bits per heavy atom. The van der Waals surface area contributed by atoms with E-state index in [2.05, 4.69) is 6.07 Å². The summed E-state index contributed by atoms with van der Waals surface area (Å²) in [6.07, 6.45) is 1.22. The Morgan fingerprint density at radius 3 is 2.67 bits per heavy atom. The first kappa shape index (κ1) is 12.2. The predicted molar refractivity (Wildman–Crippen MR) is 68.3 cm³/mol. The Kier molecular flexibility index (Phi) is 2.84. The highest BCUT2D eigenvalue weighted by Gasteiger charge is 2.18. The molecule has 2 aromatic rings. The summed E-state index contributed by atoms with van der Waals surface area (Å²) < 4.78 is 6.72. The molecule has 0 N–H and O–H groups in total. The molecule has 1 heterocycles. The molecule has 0 unspecified atom stereocenters. The fourth-order valence-electron chi connectivity index (χ4n) is 1.67. The number of hydrogen-bond acceptors (Lipinski definition) is 3. The smallest absolute Gasteiger partial charge is 0.418 e. The number of carbonyl (C=O) groups excluding carboxylic acids is 1. The Balaban J connectivity index is 2.46. The minimum absolute atomic E-state index is 0.437. The third kappa shape index (κ3) is 2.35. The summed E-state index contributed by atoms with van der Waals surface area (Å²) in [5, 5.41) is 9.78. The van der Waals surface area contributed by atoms with E-state index in [0.29, 0.717) is 11.1 Å². The molecule has 4 heteroatoms. The van der Waals surface area contributed by atoms with Crippen molar-refractivity contribution in [3.8, 4) is 6.07 Å². The monoisotopic (exact) mass is 242 g/mol. The van der Waals surface area contributed by atoms with Crippen molar-refractivity contribution in [3.63, 3.8) is 0 Å². The van der Waals surface area contributed by atoms with Crippen LogP contribution < -0.4 is 0 Å². The van der Waals surface area contributed by atoms with E-state index in [0.717, 1.165) is 5.39 Å². The summed E-state index contributed by atoms with van der Waals surface area (Å²) in [7, 11) is 0. The van der Waals surface area contributed by atoms with Crippen LogP contribution in [0.5, 0.6) is 0 Å². The van der Waals surface area contributed by atoms with E-state index in [1.807, 2.05) is 32.9 Å². The zero-order chi connectivity index (χ0) is 13.3. The molecule has 0 saturated heterocycles. The van der Waals surface area contributed by atoms with E-state index in [1.165, 1.54) is 4.57 Å². The Bertz CT molecular complexity index is 642. The molecule has 0 fully saturated rings. The molecule has 0 radical (unpaired) electrons. The maximum Gasteiger partial charge on any atom is 0.418 e. The van der Waals surface area contributed by atoms with Gasteiger partial charge in [0, 0.05) is 11.6 Å². The summed E-state index contributed by atoms with van der Waals surface area (Å²) in [5.74, 6) is 0. The van der Waals surface area contributed by atoms with Crippen LogP contribution in [-0.4, -0.2) is 16.3 Å². The van der Waals surface area contributed by atoms with Gasteiger partial charge >= 0.3 is 6.09 Å². The number of fused-ring (bicyclic) bond motifs is 1. The van der Waals surface area contributed by atoms with Gasteiger partial charge < -0.3 is 4.74 Å². The standard InChI is InChI=1S/C14H14N2O2/c1-14(2,3)18-13(17)16-7-6-11-5-4-10(9-15)8-12(11)16/h4-8H,1-3H3. The van der Waals surface area contributed by atoms with Crippen LogP contribution in [0, 0.1) is 11.3 Å². The molecule has 0 aliphatic rings. The van der Waals surface area contributed by atoms with E-state index in [1.54, 1.807) is 18.3 Å². The number of nitrogens with zero attached hydrogens (tertiary/aromatic N) is 2. The highest BCUT2D eigenvalue weighted by Crippen LogP contribution is 2.19. The van der Waals surface area contributed by atoms with Crippen LogP contribution >= 0.6 is 0 Å². The van der Waals surface area contributed by atoms with Gasteiger partial charge in [0.15, 0.2) is 0 Å². The van der Waals surface area contributed by atoms with Crippen molar-refractivity contribution in [2.75, 3.05) is 0 Å². The second-order valence-electron chi connectivity index (χ2n) is 5.05. The van der Waals surface area contributed by atoms with Crippen LogP contribution in [0.1, 0.15) is 26.3 Å². The lowest BCUT2D eigenvalue weighted by molar-refractivity contribution is 0.0544. The third-order valence-electron chi connectivity index (χ3n) is 2.41. The van der Waals surface area contributed by atoms with Crippen LogP contribution in [0.25, 0.3) is 10.9 Å². The summed E-state index contributed by atoms with van der Waals surface area (Å²) >= 11 is 0. The van der Waals surface area contributed by atoms with E-state index < -0.39 is 11.7 Å². The Morgan fingerprint density at radius 1 is 1.33 bits per heavy atom. The summed E-state index contributed by atoms with van der Waals surface area (Å²) in [5.41, 5.74) is 0.662. The summed E-state index contributed by atoms with van der Waals surface area (Å²) in [4.78, 5) is 12.0. The molecular formula is C14H14N2O2. The molecule has 0 atom stereocenters. The number of aromatic nitrogens is 1. The average Bonchev–Trinajstić information content (AvgIpc) is 2.69. The fourth-order valence-corrected chi connectivity index (χ4v) is 1.67. The van der Waals surface area contributed by atoms with Gasteiger partial charge in [0.25, 0.3) is 0 Å². The Labute approximate surface area is 105 Å². The summed E-state index contributed by atoms with van der Waals surface area (Å²) in [6, 6.07) is 9.10. The molecule has 2 rings (SSSR count). The van der Waals surface area contributed by atoms with Crippen molar-refractivity contribution in [2.45, 2.75) is 26.4 Å². The van der Waals surface area contributed by atoms with Crippen molar-refractivity contribution in [2.24, 2.45) is 0 Å². The molecule has 0 saturated carbocycles. The lowest BCUT2D eigenvalue weighted by Crippen LogP contribution is -2.26. The maximum atomic E-state index is 12.0. The van der Waals surface area contributed by atoms with Gasteiger partial charge in [-0.3, -0.25) is 4.57 Å². The molecule has 1 aromatic carbocycles. The molecule has 0 aliphatic carbocycles. The Hall–Kier alpha value is -2.28. The van der Waals surface area contributed by atoms with E-state index in [4.69, 9.17) is 10.00 Å². The van der Waals surface area contributed by atoms with Crippen molar-refractivity contribution in [1.82, 2.24) is 4.57 Å². The van der Waals surface area contributed by atoms with Crippen LogP contribution in [0.2, 0.25) is 0 Å². The molecule has 0 aliphatic heterocycles. The van der Waals surface area contributed by atoms with Crippen LogP contribution in [-0.2, 0) is 4.74 Å². The largest absolute Gasteiger partial charge is 0.443 e. The van der Waals surface area contributed by atoms with Crippen molar-refractivity contribution in [1.29, 1.82) is 5.26 Å². The molecule has 0 amide bonds. The maximum absolute atomic E-state index is 12.0. The lowest BCUT2D eigenvalue weighted by atomic mass is 10.2. The number of rotatable bonds is 0. The van der Waals surface area contributed by atoms with Crippen molar-refractivity contribution < 1.29 is 9.53 Å². The van der Waals surface area contributed by atoms with Gasteiger partial charge in [-0.1, -0.05) is 6.07 Å². The van der Waals surface area contributed by atoms with Gasteiger partial charge in [0.05, 0.1) is 17.1 Å². The first-order chi connectivity index (χ1) is 8.40. The second kappa shape index (κ2) is 4.19. The minimum Gasteiger partial charge on any atom is -0.443 e. The van der Waals surface area contributed by atoms with Gasteiger partial charge in [-0.25, -0.2) is 4.79 Å². The zero-order valence-electron chi connectivity index (χ0n) is 10.6. The normalized spacial score (nSPS) is 11.2. The number of ether oxygens (including phenoxy) is 1. The highest BCUT2D eigenvalue weighted by molar-refractivity contribution is 5.90. The molecule has 4 nitrogen and oxygen atoms in total. The molecule has 92 valence electrons. The number of carbonyl (C=O) groups is 1. The molecule has 0 bridgehead atoms. The number of hydrogen-bond donors (Lipinski definition) is 0. The first-order valence-corrected chi connectivity index (χ1v) is 5.65. The zero-order valence-corrected chi connectivity index (χ0v) is 10.6. The predicted octanol–water partition coefficient (Wildman–Crippen LogP) is 3.30. The van der Waals surface area contributed by atoms with E-state index in [-0.39, 0.29) is 0 Å². The summed E-state index contributed by atoms with van der Waals surface area (Å²) in [6.45, 7) is 5.45. The quantitative estimate of drug-likeness (QED) is 0.712. The molecule has 0 spiro atoms. The van der Waals surface area contributed by atoms with Gasteiger partial charge in [-0.2, -0.15) is 5.26 Å². The number of benzene rings is 1. The van der Waals surface area contributed by atoms with Gasteiger partial charge in [-0.05, 0) is 39.0 Å². The minimum atomic E-state index is -0.541. The average molecular weight is 242 g/mol. The van der Waals surface area contributed by atoms with Gasteiger partial charge in [-0.15, -0.1) is 0 Å². The van der Waals surface area contributed by atoms with Crippen LogP contribution in [0.15, 0.2) is 30.5 Å². The van der Waals surface area contributed by atoms with E-state index in [9.17, 15) is 4.79 Å². The highest BCUT2D eigenvalue weighted by atomic mass is 16.6.